The summed E-state index contributed by atoms with van der Waals surface area (Å²) in [6, 6.07) is 0. The summed E-state index contributed by atoms with van der Waals surface area (Å²) in [7, 11) is 1.93. The van der Waals surface area contributed by atoms with Crippen molar-refractivity contribution in [2.24, 2.45) is 18.4 Å². The van der Waals surface area contributed by atoms with Gasteiger partial charge in [-0.3, -0.25) is 14.4 Å². The average Bonchev–Trinajstić information content (AvgIpc) is 2.88. The fourth-order valence-corrected chi connectivity index (χ4v) is 3.47. The van der Waals surface area contributed by atoms with Crippen molar-refractivity contribution in [2.45, 2.75) is 33.7 Å². The van der Waals surface area contributed by atoms with E-state index in [4.69, 9.17) is 0 Å². The van der Waals surface area contributed by atoms with E-state index >= 15 is 0 Å². The van der Waals surface area contributed by atoms with Crippen molar-refractivity contribution in [3.8, 4) is 0 Å². The molecule has 112 valence electrons. The van der Waals surface area contributed by atoms with Gasteiger partial charge in [-0.05, 0) is 41.7 Å². The van der Waals surface area contributed by atoms with Crippen molar-refractivity contribution in [3.05, 3.63) is 15.9 Å². The molecule has 1 N–H and O–H groups in total. The molecule has 0 saturated carbocycles. The Balaban J connectivity index is 2.16. The van der Waals surface area contributed by atoms with Gasteiger partial charge in [0.2, 0.25) is 0 Å². The second-order valence-electron chi connectivity index (χ2n) is 6.05. The third kappa shape index (κ3) is 2.51. The number of nitrogens with zero attached hydrogens (tertiary/aromatic N) is 3. The SMILES string of the molecule is Cc1nn(C)c(CN2CCC(C(=O)O)(C(C)C)C2)c1Br. The van der Waals surface area contributed by atoms with Crippen LogP contribution in [0.5, 0.6) is 0 Å². The van der Waals surface area contributed by atoms with Gasteiger partial charge in [0, 0.05) is 20.1 Å². The van der Waals surface area contributed by atoms with Gasteiger partial charge in [0.15, 0.2) is 0 Å². The quantitative estimate of drug-likeness (QED) is 0.911. The maximum absolute atomic E-state index is 11.6. The Bertz CT molecular complexity index is 527. The lowest BCUT2D eigenvalue weighted by Crippen LogP contribution is -2.39. The van der Waals surface area contributed by atoms with Crippen LogP contribution < -0.4 is 0 Å². The van der Waals surface area contributed by atoms with Gasteiger partial charge in [-0.25, -0.2) is 0 Å². The molecule has 0 aliphatic carbocycles. The normalized spacial score (nSPS) is 23.7. The minimum atomic E-state index is -0.671. The number of hydrogen-bond donors (Lipinski definition) is 1. The van der Waals surface area contributed by atoms with E-state index in [1.807, 2.05) is 32.5 Å². The molecule has 0 radical (unpaired) electrons. The van der Waals surface area contributed by atoms with Crippen molar-refractivity contribution in [1.82, 2.24) is 14.7 Å². The van der Waals surface area contributed by atoms with Crippen molar-refractivity contribution in [3.63, 3.8) is 0 Å². The van der Waals surface area contributed by atoms with Crippen LogP contribution in [-0.4, -0.2) is 38.8 Å². The van der Waals surface area contributed by atoms with Crippen molar-refractivity contribution in [2.75, 3.05) is 13.1 Å². The minimum absolute atomic E-state index is 0.140. The van der Waals surface area contributed by atoms with Gasteiger partial charge in [0.1, 0.15) is 0 Å². The Labute approximate surface area is 128 Å². The lowest BCUT2D eigenvalue weighted by molar-refractivity contribution is -0.151. The summed E-state index contributed by atoms with van der Waals surface area (Å²) in [4.78, 5) is 13.9. The maximum Gasteiger partial charge on any atom is 0.311 e. The molecule has 1 aromatic heterocycles. The van der Waals surface area contributed by atoms with Crippen LogP contribution in [0.4, 0.5) is 0 Å². The molecule has 1 fully saturated rings. The standard InChI is InChI=1S/C14H22BrN3O2/c1-9(2)14(13(19)20)5-6-18(8-14)7-11-12(15)10(3)16-17(11)4/h9H,5-8H2,1-4H3,(H,19,20). The van der Waals surface area contributed by atoms with Crippen LogP contribution in [0.25, 0.3) is 0 Å². The average molecular weight is 344 g/mol. The molecule has 2 heterocycles. The van der Waals surface area contributed by atoms with Crippen LogP contribution in [0, 0.1) is 18.3 Å². The van der Waals surface area contributed by atoms with Gasteiger partial charge in [-0.2, -0.15) is 5.10 Å². The van der Waals surface area contributed by atoms with Gasteiger partial charge in [-0.15, -0.1) is 0 Å². The number of carboxylic acids is 1. The molecule has 1 aromatic rings. The third-order valence-corrected chi connectivity index (χ3v) is 5.58. The lowest BCUT2D eigenvalue weighted by Gasteiger charge is -2.28. The Hall–Kier alpha value is -0.880. The first-order valence-corrected chi connectivity index (χ1v) is 7.71. The van der Waals surface area contributed by atoms with Crippen molar-refractivity contribution < 1.29 is 9.90 Å². The zero-order valence-corrected chi connectivity index (χ0v) is 14.1. The van der Waals surface area contributed by atoms with Gasteiger partial charge in [-0.1, -0.05) is 13.8 Å². The number of carbonyl (C=O) groups is 1. The molecule has 0 amide bonds. The molecule has 1 aliphatic rings. The third-order valence-electron chi connectivity index (χ3n) is 4.55. The smallest absolute Gasteiger partial charge is 0.311 e. The summed E-state index contributed by atoms with van der Waals surface area (Å²) < 4.78 is 2.90. The molecule has 1 atom stereocenters. The number of carboxylic acid groups (broad SMARTS) is 1. The number of aromatic nitrogens is 2. The molecular formula is C14H22BrN3O2. The van der Waals surface area contributed by atoms with E-state index < -0.39 is 11.4 Å². The first-order valence-electron chi connectivity index (χ1n) is 6.91. The number of aliphatic carboxylic acids is 1. The summed E-state index contributed by atoms with van der Waals surface area (Å²) in [6.45, 7) is 8.13. The molecule has 0 aromatic carbocycles. The molecule has 1 unspecified atom stereocenters. The highest BCUT2D eigenvalue weighted by Gasteiger charge is 2.47. The monoisotopic (exact) mass is 343 g/mol. The molecule has 1 saturated heterocycles. The van der Waals surface area contributed by atoms with E-state index in [0.29, 0.717) is 13.0 Å². The molecule has 6 heteroatoms. The predicted octanol–water partition coefficient (Wildman–Crippen LogP) is 2.42. The first kappa shape index (κ1) is 15.5. The fourth-order valence-electron chi connectivity index (χ4n) is 3.01. The van der Waals surface area contributed by atoms with Crippen LogP contribution >= 0.6 is 15.9 Å². The van der Waals surface area contributed by atoms with Crippen LogP contribution in [0.3, 0.4) is 0 Å². The van der Waals surface area contributed by atoms with Crippen LogP contribution in [0.15, 0.2) is 4.47 Å². The lowest BCUT2D eigenvalue weighted by atomic mass is 9.76. The van der Waals surface area contributed by atoms with E-state index in [1.165, 1.54) is 0 Å². The predicted molar refractivity (Wildman–Crippen MR) is 80.4 cm³/mol. The molecule has 5 nitrogen and oxygen atoms in total. The topological polar surface area (TPSA) is 58.4 Å². The van der Waals surface area contributed by atoms with E-state index in [1.54, 1.807) is 0 Å². The van der Waals surface area contributed by atoms with Crippen molar-refractivity contribution in [1.29, 1.82) is 0 Å². The van der Waals surface area contributed by atoms with E-state index in [0.717, 1.165) is 29.0 Å². The number of aryl methyl sites for hydroxylation is 2. The fraction of sp³-hybridized carbons (Fsp3) is 0.714. The van der Waals surface area contributed by atoms with Crippen molar-refractivity contribution >= 4 is 21.9 Å². The highest BCUT2D eigenvalue weighted by Crippen LogP contribution is 2.39. The molecule has 0 bridgehead atoms. The van der Waals surface area contributed by atoms with E-state index in [2.05, 4.69) is 25.9 Å². The van der Waals surface area contributed by atoms with Gasteiger partial charge >= 0.3 is 5.97 Å². The number of rotatable bonds is 4. The summed E-state index contributed by atoms with van der Waals surface area (Å²) in [5.41, 5.74) is 1.46. The zero-order valence-electron chi connectivity index (χ0n) is 12.5. The van der Waals surface area contributed by atoms with Crippen LogP contribution in [-0.2, 0) is 18.4 Å². The Morgan fingerprint density at radius 2 is 2.20 bits per heavy atom. The Kier molecular flexibility index (Phi) is 4.25. The van der Waals surface area contributed by atoms with E-state index in [9.17, 15) is 9.90 Å². The molecule has 1 aliphatic heterocycles. The Morgan fingerprint density at radius 3 is 2.60 bits per heavy atom. The highest BCUT2D eigenvalue weighted by atomic mass is 79.9. The maximum atomic E-state index is 11.6. The molecule has 20 heavy (non-hydrogen) atoms. The second kappa shape index (κ2) is 5.48. The van der Waals surface area contributed by atoms with E-state index in [-0.39, 0.29) is 5.92 Å². The Morgan fingerprint density at radius 1 is 1.55 bits per heavy atom. The molecular weight excluding hydrogens is 322 g/mol. The highest BCUT2D eigenvalue weighted by molar-refractivity contribution is 9.10. The summed E-state index contributed by atoms with van der Waals surface area (Å²) >= 11 is 3.57. The zero-order chi connectivity index (χ0) is 15.1. The second-order valence-corrected chi connectivity index (χ2v) is 6.84. The number of hydrogen-bond acceptors (Lipinski definition) is 3. The van der Waals surface area contributed by atoms with Crippen LogP contribution in [0.2, 0.25) is 0 Å². The summed E-state index contributed by atoms with van der Waals surface area (Å²) in [5.74, 6) is -0.531. The molecule has 2 rings (SSSR count). The van der Waals surface area contributed by atoms with Gasteiger partial charge in [0.25, 0.3) is 0 Å². The summed E-state index contributed by atoms with van der Waals surface area (Å²) in [5, 5.41) is 14.0. The minimum Gasteiger partial charge on any atom is -0.481 e. The first-order chi connectivity index (χ1) is 9.28. The van der Waals surface area contributed by atoms with Gasteiger partial charge in [0.05, 0.1) is 21.3 Å². The number of halogens is 1. The summed E-state index contributed by atoms with van der Waals surface area (Å²) in [6.07, 6.45) is 0.717. The van der Waals surface area contributed by atoms with Crippen LogP contribution in [0.1, 0.15) is 31.7 Å². The number of likely N-dealkylation sites (tertiary alicyclic amines) is 1. The largest absolute Gasteiger partial charge is 0.481 e. The molecule has 0 spiro atoms. The van der Waals surface area contributed by atoms with Gasteiger partial charge < -0.3 is 5.11 Å².